The molecule has 20 heavy (non-hydrogen) atoms. The van der Waals surface area contributed by atoms with Gasteiger partial charge in [-0.1, -0.05) is 37.2 Å². The summed E-state index contributed by atoms with van der Waals surface area (Å²) in [4.78, 5) is 4.21. The van der Waals surface area contributed by atoms with E-state index in [4.69, 9.17) is 10.3 Å². The van der Waals surface area contributed by atoms with E-state index in [1.807, 2.05) is 36.4 Å². The molecule has 108 valence electrons. The number of benzene rings is 1. The van der Waals surface area contributed by atoms with Crippen LogP contribution in [0.25, 0.3) is 0 Å². The number of aliphatic imine (C=N–C) groups is 1. The zero-order chi connectivity index (χ0) is 13.7. The van der Waals surface area contributed by atoms with Crippen molar-refractivity contribution in [2.45, 2.75) is 26.3 Å². The number of para-hydroxylation sites is 1. The van der Waals surface area contributed by atoms with Crippen LogP contribution in [0.1, 0.15) is 31.2 Å². The summed E-state index contributed by atoms with van der Waals surface area (Å²) in [5.74, 6) is 1.41. The first-order chi connectivity index (χ1) is 9.15. The molecule has 0 aliphatic rings. The second-order valence-corrected chi connectivity index (χ2v) is 4.57. The van der Waals surface area contributed by atoms with Gasteiger partial charge in [-0.25, -0.2) is 4.99 Å². The summed E-state index contributed by atoms with van der Waals surface area (Å²) in [6.07, 6.45) is 0. The lowest BCUT2D eigenvalue weighted by Crippen LogP contribution is -2.22. The van der Waals surface area contributed by atoms with Crippen LogP contribution in [-0.2, 0) is 6.54 Å². The third-order valence-corrected chi connectivity index (χ3v) is 2.62. The molecule has 1 aromatic carbocycles. The average Bonchev–Trinajstić information content (AvgIpc) is 2.86. The molecule has 0 spiro atoms. The predicted molar refractivity (Wildman–Crippen MR) is 91.4 cm³/mol. The molecule has 1 heterocycles. The standard InChI is InChI=1S/C14H18N4O.HI/c1-10(2)13-8-12(19-18-13)9-16-14(15)17-11-6-4-3-5-7-11;/h3-8,10H,9H2,1-2H3,(H3,15,16,17);1H. The number of hydrogen-bond acceptors (Lipinski definition) is 3. The molecule has 6 heteroatoms. The Kier molecular flexibility index (Phi) is 6.50. The number of anilines is 1. The maximum absolute atomic E-state index is 5.80. The molecule has 0 fully saturated rings. The fourth-order valence-electron chi connectivity index (χ4n) is 1.55. The lowest BCUT2D eigenvalue weighted by Gasteiger charge is -2.03. The number of hydrogen-bond donors (Lipinski definition) is 2. The third kappa shape index (κ3) is 4.84. The Labute approximate surface area is 135 Å². The van der Waals surface area contributed by atoms with Crippen molar-refractivity contribution in [3.63, 3.8) is 0 Å². The van der Waals surface area contributed by atoms with E-state index in [0.717, 1.165) is 11.4 Å². The molecule has 0 aliphatic carbocycles. The monoisotopic (exact) mass is 386 g/mol. The molecule has 0 amide bonds. The van der Waals surface area contributed by atoms with Gasteiger partial charge in [-0.15, -0.1) is 24.0 Å². The largest absolute Gasteiger partial charge is 0.370 e. The van der Waals surface area contributed by atoms with Crippen LogP contribution in [0.4, 0.5) is 5.69 Å². The van der Waals surface area contributed by atoms with Crippen molar-refractivity contribution >= 4 is 35.6 Å². The molecule has 0 saturated carbocycles. The first kappa shape index (κ1) is 16.5. The van der Waals surface area contributed by atoms with Gasteiger partial charge in [-0.05, 0) is 18.1 Å². The smallest absolute Gasteiger partial charge is 0.193 e. The van der Waals surface area contributed by atoms with E-state index in [0.29, 0.717) is 24.2 Å². The second kappa shape index (κ2) is 7.88. The van der Waals surface area contributed by atoms with E-state index in [-0.39, 0.29) is 24.0 Å². The lowest BCUT2D eigenvalue weighted by atomic mass is 10.1. The van der Waals surface area contributed by atoms with Gasteiger partial charge in [0.05, 0.1) is 5.69 Å². The molecule has 2 aromatic rings. The molecule has 0 saturated heterocycles. The zero-order valence-electron chi connectivity index (χ0n) is 11.5. The number of halogens is 1. The van der Waals surface area contributed by atoms with Crippen LogP contribution in [0, 0.1) is 0 Å². The van der Waals surface area contributed by atoms with Crippen molar-refractivity contribution in [3.05, 3.63) is 47.9 Å². The van der Waals surface area contributed by atoms with E-state index in [2.05, 4.69) is 29.3 Å². The van der Waals surface area contributed by atoms with Crippen molar-refractivity contribution in [2.75, 3.05) is 5.32 Å². The quantitative estimate of drug-likeness (QED) is 0.480. The van der Waals surface area contributed by atoms with Gasteiger partial charge >= 0.3 is 0 Å². The highest BCUT2D eigenvalue weighted by atomic mass is 127. The molecule has 0 radical (unpaired) electrons. The number of nitrogens with one attached hydrogen (secondary N) is 1. The van der Waals surface area contributed by atoms with Crippen molar-refractivity contribution in [1.29, 1.82) is 0 Å². The molecule has 0 aliphatic heterocycles. The Morgan fingerprint density at radius 2 is 2.05 bits per heavy atom. The number of guanidine groups is 1. The maximum atomic E-state index is 5.80. The molecule has 0 unspecified atom stereocenters. The fourth-order valence-corrected chi connectivity index (χ4v) is 1.55. The summed E-state index contributed by atoms with van der Waals surface area (Å²) >= 11 is 0. The van der Waals surface area contributed by atoms with Gasteiger partial charge in [-0.3, -0.25) is 0 Å². The predicted octanol–water partition coefficient (Wildman–Crippen LogP) is 3.34. The summed E-state index contributed by atoms with van der Waals surface area (Å²) < 4.78 is 5.19. The molecule has 3 N–H and O–H groups in total. The molecular formula is C14H19IN4O. The molecular weight excluding hydrogens is 367 g/mol. The van der Waals surface area contributed by atoms with Gasteiger partial charge in [0.2, 0.25) is 0 Å². The Hall–Kier alpha value is -1.57. The Morgan fingerprint density at radius 3 is 2.65 bits per heavy atom. The summed E-state index contributed by atoms with van der Waals surface area (Å²) in [6.45, 7) is 4.51. The Bertz CT molecular complexity index is 551. The van der Waals surface area contributed by atoms with Gasteiger partial charge in [0.1, 0.15) is 6.54 Å². The summed E-state index contributed by atoms with van der Waals surface area (Å²) in [6, 6.07) is 11.6. The van der Waals surface area contributed by atoms with Crippen molar-refractivity contribution in [3.8, 4) is 0 Å². The number of aromatic nitrogens is 1. The van der Waals surface area contributed by atoms with Gasteiger partial charge in [0.25, 0.3) is 0 Å². The SMILES string of the molecule is CC(C)c1cc(CN=C(N)Nc2ccccc2)on1.I. The molecule has 0 atom stereocenters. The van der Waals surface area contributed by atoms with Gasteiger partial charge in [0.15, 0.2) is 11.7 Å². The van der Waals surface area contributed by atoms with Crippen molar-refractivity contribution in [2.24, 2.45) is 10.7 Å². The Morgan fingerprint density at radius 1 is 1.35 bits per heavy atom. The number of rotatable bonds is 4. The highest BCUT2D eigenvalue weighted by molar-refractivity contribution is 14.0. The normalized spacial score (nSPS) is 11.2. The summed E-state index contributed by atoms with van der Waals surface area (Å²) in [5.41, 5.74) is 7.63. The molecule has 0 bridgehead atoms. The fraction of sp³-hybridized carbons (Fsp3) is 0.286. The van der Waals surface area contributed by atoms with Crippen LogP contribution in [-0.4, -0.2) is 11.1 Å². The summed E-state index contributed by atoms with van der Waals surface area (Å²) in [5, 5.41) is 6.98. The Balaban J connectivity index is 0.00000200. The van der Waals surface area contributed by atoms with Crippen LogP contribution in [0.15, 0.2) is 45.9 Å². The highest BCUT2D eigenvalue weighted by Crippen LogP contribution is 2.14. The highest BCUT2D eigenvalue weighted by Gasteiger charge is 2.06. The van der Waals surface area contributed by atoms with Crippen molar-refractivity contribution in [1.82, 2.24) is 5.16 Å². The van der Waals surface area contributed by atoms with Crippen LogP contribution in [0.3, 0.4) is 0 Å². The van der Waals surface area contributed by atoms with E-state index < -0.39 is 0 Å². The van der Waals surface area contributed by atoms with Crippen LogP contribution in [0.2, 0.25) is 0 Å². The third-order valence-electron chi connectivity index (χ3n) is 2.62. The minimum absolute atomic E-state index is 0. The second-order valence-electron chi connectivity index (χ2n) is 4.57. The van der Waals surface area contributed by atoms with Gasteiger partial charge in [0, 0.05) is 11.8 Å². The zero-order valence-corrected chi connectivity index (χ0v) is 13.9. The lowest BCUT2D eigenvalue weighted by molar-refractivity contribution is 0.376. The number of nitrogens with zero attached hydrogens (tertiary/aromatic N) is 2. The topological polar surface area (TPSA) is 76.4 Å². The van der Waals surface area contributed by atoms with E-state index in [1.54, 1.807) is 0 Å². The minimum atomic E-state index is 0. The average molecular weight is 386 g/mol. The van der Waals surface area contributed by atoms with E-state index >= 15 is 0 Å². The first-order valence-electron chi connectivity index (χ1n) is 6.22. The molecule has 5 nitrogen and oxygen atoms in total. The van der Waals surface area contributed by atoms with Crippen LogP contribution >= 0.6 is 24.0 Å². The van der Waals surface area contributed by atoms with Crippen molar-refractivity contribution < 1.29 is 4.52 Å². The molecule has 1 aromatic heterocycles. The minimum Gasteiger partial charge on any atom is -0.370 e. The first-order valence-corrected chi connectivity index (χ1v) is 6.22. The van der Waals surface area contributed by atoms with Gasteiger partial charge in [-0.2, -0.15) is 0 Å². The summed E-state index contributed by atoms with van der Waals surface area (Å²) in [7, 11) is 0. The molecule has 2 rings (SSSR count). The van der Waals surface area contributed by atoms with Crippen LogP contribution < -0.4 is 11.1 Å². The number of nitrogens with two attached hydrogens (primary N) is 1. The van der Waals surface area contributed by atoms with Crippen LogP contribution in [0.5, 0.6) is 0 Å². The van der Waals surface area contributed by atoms with Gasteiger partial charge < -0.3 is 15.6 Å². The maximum Gasteiger partial charge on any atom is 0.193 e. The van der Waals surface area contributed by atoms with E-state index in [1.165, 1.54) is 0 Å². The van der Waals surface area contributed by atoms with E-state index in [9.17, 15) is 0 Å².